The minimum absolute atomic E-state index is 0.00809. The van der Waals surface area contributed by atoms with Crippen molar-refractivity contribution >= 4 is 50.0 Å². The van der Waals surface area contributed by atoms with E-state index in [1.165, 1.54) is 0 Å². The maximum atomic E-state index is 13.0. The molecular formula is C23H21BrClN3O2. The van der Waals surface area contributed by atoms with Crippen LogP contribution in [0.3, 0.4) is 0 Å². The second-order valence-electron chi connectivity index (χ2n) is 7.18. The number of nitrogens with zero attached hydrogens (tertiary/aromatic N) is 2. The number of halogens is 2. The Balaban J connectivity index is 1.40. The summed E-state index contributed by atoms with van der Waals surface area (Å²) in [5.74, 6) is -0.00809. The monoisotopic (exact) mass is 485 g/mol. The van der Waals surface area contributed by atoms with Crippen LogP contribution in [0.15, 0.2) is 70.1 Å². The summed E-state index contributed by atoms with van der Waals surface area (Å²) in [5, 5.41) is 3.65. The third kappa shape index (κ3) is 4.45. The van der Waals surface area contributed by atoms with E-state index in [4.69, 9.17) is 11.6 Å². The molecule has 0 radical (unpaired) electrons. The van der Waals surface area contributed by atoms with Crippen LogP contribution >= 0.6 is 27.5 Å². The van der Waals surface area contributed by atoms with Crippen LogP contribution in [0.25, 0.3) is 16.6 Å². The van der Waals surface area contributed by atoms with Gasteiger partial charge in [-0.1, -0.05) is 39.7 Å². The molecule has 0 aliphatic heterocycles. The molecular weight excluding hydrogens is 466 g/mol. The maximum Gasteiger partial charge on any atom is 0.275 e. The van der Waals surface area contributed by atoms with Crippen molar-refractivity contribution in [1.82, 2.24) is 14.3 Å². The van der Waals surface area contributed by atoms with Gasteiger partial charge in [0.25, 0.3) is 5.56 Å². The number of aryl methyl sites for hydroxylation is 1. The van der Waals surface area contributed by atoms with Gasteiger partial charge in [-0.05, 0) is 60.9 Å². The van der Waals surface area contributed by atoms with Crippen LogP contribution in [0.2, 0.25) is 5.02 Å². The topological polar surface area (TPSA) is 55.5 Å². The normalized spacial score (nSPS) is 11.3. The van der Waals surface area contributed by atoms with Crippen molar-refractivity contribution in [2.45, 2.75) is 25.8 Å². The molecule has 1 amide bonds. The molecule has 0 spiro atoms. The Kier molecular flexibility index (Phi) is 6.25. The lowest BCUT2D eigenvalue weighted by Gasteiger charge is -2.13. The molecule has 2 heterocycles. The molecule has 0 aliphatic rings. The molecule has 30 heavy (non-hydrogen) atoms. The van der Waals surface area contributed by atoms with Gasteiger partial charge in [-0.2, -0.15) is 0 Å². The molecule has 2 aromatic carbocycles. The van der Waals surface area contributed by atoms with Gasteiger partial charge < -0.3 is 14.3 Å². The van der Waals surface area contributed by atoms with Gasteiger partial charge in [-0.15, -0.1) is 0 Å². The number of nitrogens with one attached hydrogen (secondary N) is 1. The lowest BCUT2D eigenvalue weighted by Crippen LogP contribution is -2.27. The molecule has 4 rings (SSSR count). The summed E-state index contributed by atoms with van der Waals surface area (Å²) >= 11 is 9.38. The molecule has 7 heteroatoms. The van der Waals surface area contributed by atoms with Crippen molar-refractivity contribution < 1.29 is 4.79 Å². The van der Waals surface area contributed by atoms with E-state index >= 15 is 0 Å². The highest BCUT2D eigenvalue weighted by atomic mass is 79.9. The second kappa shape index (κ2) is 9.06. The number of hydrogen-bond donors (Lipinski definition) is 1. The first kappa shape index (κ1) is 20.7. The van der Waals surface area contributed by atoms with Crippen LogP contribution in [-0.4, -0.2) is 21.4 Å². The first-order chi connectivity index (χ1) is 14.5. The highest BCUT2D eigenvalue weighted by Gasteiger charge is 2.11. The summed E-state index contributed by atoms with van der Waals surface area (Å²) in [6.45, 7) is 1.06. The Hall–Kier alpha value is -2.57. The highest BCUT2D eigenvalue weighted by molar-refractivity contribution is 9.10. The van der Waals surface area contributed by atoms with Crippen LogP contribution in [0, 0.1) is 0 Å². The highest BCUT2D eigenvalue weighted by Crippen LogP contribution is 2.20. The average Bonchev–Trinajstić information content (AvgIpc) is 3.22. The van der Waals surface area contributed by atoms with E-state index < -0.39 is 0 Å². The first-order valence-corrected chi connectivity index (χ1v) is 11.0. The van der Waals surface area contributed by atoms with Crippen LogP contribution < -0.4 is 10.9 Å². The Bertz CT molecular complexity index is 1260. The van der Waals surface area contributed by atoms with Crippen molar-refractivity contribution in [1.29, 1.82) is 0 Å². The van der Waals surface area contributed by atoms with Gasteiger partial charge >= 0.3 is 0 Å². The Morgan fingerprint density at radius 1 is 1.03 bits per heavy atom. The second-order valence-corrected chi connectivity index (χ2v) is 8.54. The fraction of sp³-hybridized carbons (Fsp3) is 0.217. The van der Waals surface area contributed by atoms with E-state index in [9.17, 15) is 9.59 Å². The van der Waals surface area contributed by atoms with Gasteiger partial charge in [0.2, 0.25) is 5.91 Å². The van der Waals surface area contributed by atoms with Crippen LogP contribution in [0.5, 0.6) is 0 Å². The van der Waals surface area contributed by atoms with Gasteiger partial charge in [0.05, 0.1) is 11.0 Å². The van der Waals surface area contributed by atoms with Gasteiger partial charge in [0.15, 0.2) is 0 Å². The van der Waals surface area contributed by atoms with E-state index in [0.717, 1.165) is 27.5 Å². The Morgan fingerprint density at radius 3 is 2.63 bits per heavy atom. The predicted octanol–water partition coefficient (Wildman–Crippen LogP) is 4.81. The maximum absolute atomic E-state index is 13.0. The zero-order valence-corrected chi connectivity index (χ0v) is 18.6. The number of fused-ring (bicyclic) bond motifs is 3. The van der Waals surface area contributed by atoms with E-state index in [1.807, 2.05) is 65.2 Å². The molecule has 2 aromatic heterocycles. The standard InChI is InChI=1S/C23H21BrClN3O2/c24-17-7-10-19-21(15-17)28(23(30)20-3-1-13-27(19)20)14-2-4-22(29)26-12-11-16-5-8-18(25)9-6-16/h1,3,5-10,13,15H,2,4,11-12,14H2,(H,26,29). The molecule has 5 nitrogen and oxygen atoms in total. The van der Waals surface area contributed by atoms with E-state index in [1.54, 1.807) is 4.57 Å². The molecule has 0 unspecified atom stereocenters. The smallest absolute Gasteiger partial charge is 0.275 e. The fourth-order valence-electron chi connectivity index (χ4n) is 3.63. The number of carbonyl (C=O) groups excluding carboxylic acids is 1. The van der Waals surface area contributed by atoms with Crippen LogP contribution in [0.1, 0.15) is 18.4 Å². The summed E-state index contributed by atoms with van der Waals surface area (Å²) in [4.78, 5) is 25.2. The van der Waals surface area contributed by atoms with E-state index in [2.05, 4.69) is 21.2 Å². The molecule has 0 atom stereocenters. The van der Waals surface area contributed by atoms with Crippen LogP contribution in [0.4, 0.5) is 0 Å². The minimum atomic E-state index is -0.0475. The first-order valence-electron chi connectivity index (χ1n) is 9.83. The lowest BCUT2D eigenvalue weighted by molar-refractivity contribution is -0.121. The number of aromatic nitrogens is 2. The summed E-state index contributed by atoms with van der Waals surface area (Å²) < 4.78 is 4.58. The number of benzene rings is 2. The minimum Gasteiger partial charge on any atom is -0.356 e. The molecule has 4 aromatic rings. The summed E-state index contributed by atoms with van der Waals surface area (Å²) in [6, 6.07) is 17.2. The van der Waals surface area contributed by atoms with Gasteiger partial charge in [-0.3, -0.25) is 9.59 Å². The Labute approximate surface area is 187 Å². The summed E-state index contributed by atoms with van der Waals surface area (Å²) in [5.41, 5.74) is 3.53. The molecule has 0 bridgehead atoms. The largest absolute Gasteiger partial charge is 0.356 e. The number of amides is 1. The van der Waals surface area contributed by atoms with Crippen molar-refractivity contribution in [3.63, 3.8) is 0 Å². The third-order valence-electron chi connectivity index (χ3n) is 5.14. The zero-order chi connectivity index (χ0) is 21.1. The zero-order valence-electron chi connectivity index (χ0n) is 16.3. The number of rotatable bonds is 7. The fourth-order valence-corrected chi connectivity index (χ4v) is 4.11. The predicted molar refractivity (Wildman–Crippen MR) is 124 cm³/mol. The Morgan fingerprint density at radius 2 is 1.83 bits per heavy atom. The SMILES string of the molecule is O=C(CCCn1c(=O)c2cccn2c2ccc(Br)cc21)NCCc1ccc(Cl)cc1. The quantitative estimate of drug-likeness (QED) is 0.408. The molecule has 0 fully saturated rings. The van der Waals surface area contributed by atoms with Gasteiger partial charge in [-0.25, -0.2) is 0 Å². The third-order valence-corrected chi connectivity index (χ3v) is 5.88. The lowest BCUT2D eigenvalue weighted by atomic mass is 10.1. The molecule has 154 valence electrons. The number of hydrogen-bond acceptors (Lipinski definition) is 2. The van der Waals surface area contributed by atoms with Crippen molar-refractivity contribution in [3.05, 3.63) is 86.2 Å². The molecule has 0 saturated carbocycles. The van der Waals surface area contributed by atoms with E-state index in [0.29, 0.717) is 36.5 Å². The van der Waals surface area contributed by atoms with Crippen molar-refractivity contribution in [2.75, 3.05) is 6.54 Å². The molecule has 0 aliphatic carbocycles. The number of carbonyl (C=O) groups is 1. The van der Waals surface area contributed by atoms with Crippen molar-refractivity contribution in [2.24, 2.45) is 0 Å². The summed E-state index contributed by atoms with van der Waals surface area (Å²) in [6.07, 6.45) is 3.61. The summed E-state index contributed by atoms with van der Waals surface area (Å²) in [7, 11) is 0. The van der Waals surface area contributed by atoms with E-state index in [-0.39, 0.29) is 11.5 Å². The van der Waals surface area contributed by atoms with Crippen molar-refractivity contribution in [3.8, 4) is 0 Å². The average molecular weight is 487 g/mol. The molecule has 1 N–H and O–H groups in total. The van der Waals surface area contributed by atoms with Crippen LogP contribution in [-0.2, 0) is 17.8 Å². The van der Waals surface area contributed by atoms with Gasteiger partial charge in [0.1, 0.15) is 5.52 Å². The molecule has 0 saturated heterocycles. The van der Waals surface area contributed by atoms with Gasteiger partial charge in [0, 0.05) is 35.2 Å².